The van der Waals surface area contributed by atoms with Gasteiger partial charge in [0.05, 0.1) is 12.4 Å². The van der Waals surface area contributed by atoms with Crippen molar-refractivity contribution in [2.24, 2.45) is 0 Å². The van der Waals surface area contributed by atoms with E-state index in [1.807, 2.05) is 29.1 Å². The van der Waals surface area contributed by atoms with Crippen molar-refractivity contribution in [1.82, 2.24) is 15.1 Å². The van der Waals surface area contributed by atoms with E-state index >= 15 is 0 Å². The standard InChI is InChI=1S/C14H17N3O/c1-11-4-2-5-12(8-11)18-13-9-16-17(10-13)14-6-3-7-15-14/h2,4-5,8-10,14-15H,3,6-7H2,1H3. The van der Waals surface area contributed by atoms with E-state index in [1.54, 1.807) is 6.20 Å². The molecular formula is C14H17N3O. The Morgan fingerprint density at radius 1 is 1.39 bits per heavy atom. The van der Waals surface area contributed by atoms with Crippen molar-refractivity contribution in [2.75, 3.05) is 6.54 Å². The number of aryl methyl sites for hydroxylation is 1. The fourth-order valence-corrected chi connectivity index (χ4v) is 2.25. The van der Waals surface area contributed by atoms with Crippen LogP contribution in [0.15, 0.2) is 36.7 Å². The van der Waals surface area contributed by atoms with Crippen molar-refractivity contribution >= 4 is 0 Å². The molecule has 1 aromatic carbocycles. The molecular weight excluding hydrogens is 226 g/mol. The van der Waals surface area contributed by atoms with Crippen LogP contribution in [0.3, 0.4) is 0 Å². The fourth-order valence-electron chi connectivity index (χ4n) is 2.25. The Kier molecular flexibility index (Phi) is 3.02. The first-order chi connectivity index (χ1) is 8.81. The van der Waals surface area contributed by atoms with Gasteiger partial charge in [0.25, 0.3) is 0 Å². The Bertz CT molecular complexity index is 529. The third-order valence-corrected chi connectivity index (χ3v) is 3.16. The van der Waals surface area contributed by atoms with Gasteiger partial charge >= 0.3 is 0 Å². The normalized spacial score (nSPS) is 19.1. The van der Waals surface area contributed by atoms with Crippen LogP contribution >= 0.6 is 0 Å². The predicted molar refractivity (Wildman–Crippen MR) is 69.8 cm³/mol. The number of aromatic nitrogens is 2. The summed E-state index contributed by atoms with van der Waals surface area (Å²) in [6, 6.07) is 8.02. The van der Waals surface area contributed by atoms with Crippen LogP contribution in [0, 0.1) is 6.92 Å². The molecule has 1 aliphatic rings. The number of hydrogen-bond acceptors (Lipinski definition) is 3. The molecule has 4 heteroatoms. The molecule has 1 fully saturated rings. The van der Waals surface area contributed by atoms with Gasteiger partial charge in [-0.25, -0.2) is 0 Å². The van der Waals surface area contributed by atoms with Crippen molar-refractivity contribution in [3.8, 4) is 11.5 Å². The molecule has 1 atom stereocenters. The van der Waals surface area contributed by atoms with Crippen molar-refractivity contribution in [3.05, 3.63) is 42.2 Å². The molecule has 2 aromatic rings. The minimum atomic E-state index is 0.319. The summed E-state index contributed by atoms with van der Waals surface area (Å²) in [6.07, 6.45) is 6.37. The number of hydrogen-bond donors (Lipinski definition) is 1. The molecule has 0 bridgehead atoms. The van der Waals surface area contributed by atoms with E-state index in [4.69, 9.17) is 4.74 Å². The summed E-state index contributed by atoms with van der Waals surface area (Å²) in [6.45, 7) is 3.12. The van der Waals surface area contributed by atoms with Gasteiger partial charge < -0.3 is 4.74 Å². The van der Waals surface area contributed by atoms with E-state index in [0.29, 0.717) is 6.17 Å². The number of benzene rings is 1. The van der Waals surface area contributed by atoms with Gasteiger partial charge in [-0.15, -0.1) is 0 Å². The molecule has 3 rings (SSSR count). The maximum atomic E-state index is 5.79. The maximum Gasteiger partial charge on any atom is 0.165 e. The molecule has 0 spiro atoms. The van der Waals surface area contributed by atoms with Gasteiger partial charge in [-0.05, 0) is 44.0 Å². The zero-order chi connectivity index (χ0) is 12.4. The lowest BCUT2D eigenvalue weighted by Gasteiger charge is -2.09. The van der Waals surface area contributed by atoms with E-state index in [1.165, 1.54) is 12.0 Å². The summed E-state index contributed by atoms with van der Waals surface area (Å²) >= 11 is 0. The lowest BCUT2D eigenvalue weighted by Crippen LogP contribution is -2.19. The SMILES string of the molecule is Cc1cccc(Oc2cnn(C3CCCN3)c2)c1. The minimum absolute atomic E-state index is 0.319. The summed E-state index contributed by atoms with van der Waals surface area (Å²) < 4.78 is 7.73. The minimum Gasteiger partial charge on any atom is -0.454 e. The van der Waals surface area contributed by atoms with Crippen molar-refractivity contribution < 1.29 is 4.74 Å². The molecule has 0 saturated carbocycles. The second kappa shape index (κ2) is 4.82. The first-order valence-corrected chi connectivity index (χ1v) is 6.33. The van der Waals surface area contributed by atoms with Crippen LogP contribution in [0.5, 0.6) is 11.5 Å². The van der Waals surface area contributed by atoms with Crippen molar-refractivity contribution in [3.63, 3.8) is 0 Å². The van der Waals surface area contributed by atoms with Gasteiger partial charge in [0, 0.05) is 0 Å². The van der Waals surface area contributed by atoms with E-state index in [2.05, 4.69) is 23.4 Å². The van der Waals surface area contributed by atoms with Gasteiger partial charge in [0.1, 0.15) is 11.9 Å². The lowest BCUT2D eigenvalue weighted by molar-refractivity contribution is 0.420. The molecule has 1 unspecified atom stereocenters. The van der Waals surface area contributed by atoms with Gasteiger partial charge in [0.2, 0.25) is 0 Å². The summed E-state index contributed by atoms with van der Waals surface area (Å²) in [7, 11) is 0. The monoisotopic (exact) mass is 243 g/mol. The highest BCUT2D eigenvalue weighted by molar-refractivity contribution is 5.31. The van der Waals surface area contributed by atoms with Crippen LogP contribution in [0.1, 0.15) is 24.6 Å². The average Bonchev–Trinajstić information content (AvgIpc) is 2.98. The van der Waals surface area contributed by atoms with Crippen molar-refractivity contribution in [2.45, 2.75) is 25.9 Å². The van der Waals surface area contributed by atoms with Gasteiger partial charge in [-0.3, -0.25) is 10.00 Å². The first kappa shape index (κ1) is 11.3. The highest BCUT2D eigenvalue weighted by Gasteiger charge is 2.16. The van der Waals surface area contributed by atoms with E-state index in [-0.39, 0.29) is 0 Å². The smallest absolute Gasteiger partial charge is 0.165 e. The molecule has 1 aromatic heterocycles. The van der Waals surface area contributed by atoms with Crippen molar-refractivity contribution in [1.29, 1.82) is 0 Å². The van der Waals surface area contributed by atoms with Gasteiger partial charge in [-0.1, -0.05) is 12.1 Å². The van der Waals surface area contributed by atoms with Crippen LogP contribution in [-0.4, -0.2) is 16.3 Å². The third-order valence-electron chi connectivity index (χ3n) is 3.16. The summed E-state index contributed by atoms with van der Waals surface area (Å²) in [5.74, 6) is 1.64. The summed E-state index contributed by atoms with van der Waals surface area (Å²) in [4.78, 5) is 0. The van der Waals surface area contributed by atoms with E-state index in [0.717, 1.165) is 24.5 Å². The van der Waals surface area contributed by atoms with Crippen LogP contribution in [0.4, 0.5) is 0 Å². The average molecular weight is 243 g/mol. The lowest BCUT2D eigenvalue weighted by atomic mass is 10.2. The number of nitrogens with one attached hydrogen (secondary N) is 1. The molecule has 0 aliphatic carbocycles. The third kappa shape index (κ3) is 2.38. The highest BCUT2D eigenvalue weighted by atomic mass is 16.5. The zero-order valence-corrected chi connectivity index (χ0v) is 10.5. The Balaban J connectivity index is 1.73. The van der Waals surface area contributed by atoms with Crippen LogP contribution in [0.25, 0.3) is 0 Å². The number of ether oxygens (including phenoxy) is 1. The molecule has 94 valence electrons. The second-order valence-electron chi connectivity index (χ2n) is 4.69. The largest absolute Gasteiger partial charge is 0.454 e. The summed E-state index contributed by atoms with van der Waals surface area (Å²) in [5.41, 5.74) is 1.19. The van der Waals surface area contributed by atoms with Crippen LogP contribution in [-0.2, 0) is 0 Å². The van der Waals surface area contributed by atoms with E-state index < -0.39 is 0 Å². The maximum absolute atomic E-state index is 5.79. The van der Waals surface area contributed by atoms with Gasteiger partial charge in [0.15, 0.2) is 5.75 Å². The van der Waals surface area contributed by atoms with E-state index in [9.17, 15) is 0 Å². The second-order valence-corrected chi connectivity index (χ2v) is 4.69. The van der Waals surface area contributed by atoms with Crippen LogP contribution < -0.4 is 10.1 Å². The Morgan fingerprint density at radius 3 is 3.11 bits per heavy atom. The Hall–Kier alpha value is -1.81. The molecule has 2 heterocycles. The van der Waals surface area contributed by atoms with Crippen LogP contribution in [0.2, 0.25) is 0 Å². The Morgan fingerprint density at radius 2 is 2.33 bits per heavy atom. The molecule has 4 nitrogen and oxygen atoms in total. The summed E-state index contributed by atoms with van der Waals surface area (Å²) in [5, 5.41) is 7.75. The quantitative estimate of drug-likeness (QED) is 0.901. The number of rotatable bonds is 3. The first-order valence-electron chi connectivity index (χ1n) is 6.33. The topological polar surface area (TPSA) is 39.1 Å². The zero-order valence-electron chi connectivity index (χ0n) is 10.5. The Labute approximate surface area is 107 Å². The fraction of sp³-hybridized carbons (Fsp3) is 0.357. The molecule has 0 amide bonds. The molecule has 18 heavy (non-hydrogen) atoms. The molecule has 1 N–H and O–H groups in total. The van der Waals surface area contributed by atoms with Gasteiger partial charge in [-0.2, -0.15) is 5.10 Å². The molecule has 0 radical (unpaired) electrons. The molecule has 1 saturated heterocycles. The molecule has 1 aliphatic heterocycles. The highest BCUT2D eigenvalue weighted by Crippen LogP contribution is 2.24. The number of nitrogens with zero attached hydrogens (tertiary/aromatic N) is 2. The predicted octanol–water partition coefficient (Wildman–Crippen LogP) is 2.87.